The summed E-state index contributed by atoms with van der Waals surface area (Å²) < 4.78 is 0. The van der Waals surface area contributed by atoms with Crippen LogP contribution in [0.25, 0.3) is 43.8 Å². The van der Waals surface area contributed by atoms with Gasteiger partial charge in [0.2, 0.25) is 0 Å². The van der Waals surface area contributed by atoms with Crippen LogP contribution < -0.4 is 0 Å². The van der Waals surface area contributed by atoms with Crippen molar-refractivity contribution in [2.24, 2.45) is 0 Å². The molecule has 0 unspecified atom stereocenters. The van der Waals surface area contributed by atoms with Crippen LogP contribution in [0.3, 0.4) is 0 Å². The van der Waals surface area contributed by atoms with Crippen LogP contribution in [0.15, 0.2) is 97.1 Å². The Bertz CT molecular complexity index is 2030. The van der Waals surface area contributed by atoms with Gasteiger partial charge in [-0.1, -0.05) is 208 Å². The van der Waals surface area contributed by atoms with Gasteiger partial charge in [0, 0.05) is 0 Å². The second-order valence-corrected chi connectivity index (χ2v) is 22.3. The Kier molecular flexibility index (Phi) is 12.5. The topological polar surface area (TPSA) is 0 Å². The van der Waals surface area contributed by atoms with Gasteiger partial charge in [0.15, 0.2) is 0 Å². The quantitative estimate of drug-likeness (QED) is 0.153. The summed E-state index contributed by atoms with van der Waals surface area (Å²) in [5, 5.41) is 5.35. The third kappa shape index (κ3) is 10.7. The Morgan fingerprint density at radius 2 is 0.545 bits per heavy atom. The molecule has 290 valence electrons. The number of fused-ring (bicyclic) bond motifs is 2. The average Bonchev–Trinajstić information content (AvgIpc) is 3.66. The molecule has 6 aromatic carbocycles. The molecule has 0 aromatic heterocycles. The van der Waals surface area contributed by atoms with Gasteiger partial charge in [-0.25, -0.2) is 0 Å². The first-order valence-electron chi connectivity index (χ1n) is 20.2. The third-order valence-corrected chi connectivity index (χ3v) is 11.1. The SMILES string of the molecule is CC(C)(C)c1cc(-c2cc3cc(C(C)(C)C)ccc3[cH-]2)cc(C(C)(C)C)c1.CC(C)(C)c1cc(-c2cc3cc(C(C)(C)C)ccc3[cH-]2)cc(C(C)(C)C)c1.[Zr+2]. The molecule has 0 aliphatic carbocycles. The van der Waals surface area contributed by atoms with Crippen LogP contribution in [0.4, 0.5) is 0 Å². The standard InChI is InChI=1S/2C27H35.Zr/c2*1-25(2,3)22-11-10-18-12-19(13-20(18)14-22)21-15-23(26(4,5)6)17-24(16-21)27(7,8)9;/h2*10-17H,1-9H3;/q2*-1;+2. The second kappa shape index (κ2) is 15.4. The van der Waals surface area contributed by atoms with E-state index in [9.17, 15) is 0 Å². The summed E-state index contributed by atoms with van der Waals surface area (Å²) in [7, 11) is 0. The van der Waals surface area contributed by atoms with Crippen LogP contribution in [-0.2, 0) is 58.7 Å². The first-order valence-corrected chi connectivity index (χ1v) is 20.2. The molecule has 0 aliphatic rings. The van der Waals surface area contributed by atoms with Crippen LogP contribution in [0, 0.1) is 0 Å². The first-order chi connectivity index (χ1) is 24.5. The normalized spacial score (nSPS) is 13.1. The summed E-state index contributed by atoms with van der Waals surface area (Å²) in [4.78, 5) is 0. The van der Waals surface area contributed by atoms with E-state index in [1.54, 1.807) is 0 Å². The molecule has 0 amide bonds. The molecule has 0 heterocycles. The van der Waals surface area contributed by atoms with Crippen LogP contribution in [0.2, 0.25) is 0 Å². The van der Waals surface area contributed by atoms with Gasteiger partial charge < -0.3 is 0 Å². The van der Waals surface area contributed by atoms with Crippen LogP contribution in [-0.4, -0.2) is 0 Å². The molecule has 0 fully saturated rings. The van der Waals surface area contributed by atoms with Gasteiger partial charge in [-0.05, 0) is 54.7 Å². The van der Waals surface area contributed by atoms with Crippen molar-refractivity contribution in [3.8, 4) is 22.3 Å². The Labute approximate surface area is 355 Å². The van der Waals surface area contributed by atoms with Crippen molar-refractivity contribution in [2.45, 2.75) is 157 Å². The molecular weight excluding hydrogens is 740 g/mol. The summed E-state index contributed by atoms with van der Waals surface area (Å²) >= 11 is 0. The summed E-state index contributed by atoms with van der Waals surface area (Å²) in [5.41, 5.74) is 14.7. The zero-order valence-electron chi connectivity index (χ0n) is 37.7. The minimum absolute atomic E-state index is 0. The van der Waals surface area contributed by atoms with Crippen molar-refractivity contribution in [1.29, 1.82) is 0 Å². The van der Waals surface area contributed by atoms with E-state index in [0.29, 0.717) is 0 Å². The van der Waals surface area contributed by atoms with Gasteiger partial charge in [0.05, 0.1) is 0 Å². The molecule has 0 atom stereocenters. The van der Waals surface area contributed by atoms with E-state index in [2.05, 4.69) is 222 Å². The molecule has 0 aliphatic heterocycles. The Morgan fingerprint density at radius 1 is 0.291 bits per heavy atom. The fourth-order valence-electron chi connectivity index (χ4n) is 7.00. The zero-order valence-corrected chi connectivity index (χ0v) is 40.2. The molecule has 0 spiro atoms. The number of benzene rings is 4. The molecule has 6 aromatic rings. The maximum Gasteiger partial charge on any atom is 2.00 e. The molecular formula is C54H70Zr. The summed E-state index contributed by atoms with van der Waals surface area (Å²) in [6.45, 7) is 41.3. The van der Waals surface area contributed by atoms with Gasteiger partial charge >= 0.3 is 26.2 Å². The van der Waals surface area contributed by atoms with E-state index < -0.39 is 0 Å². The van der Waals surface area contributed by atoms with Gasteiger partial charge in [0.25, 0.3) is 0 Å². The van der Waals surface area contributed by atoms with Crippen molar-refractivity contribution in [1.82, 2.24) is 0 Å². The van der Waals surface area contributed by atoms with Crippen LogP contribution in [0.1, 0.15) is 158 Å². The number of hydrogen-bond acceptors (Lipinski definition) is 0. The number of rotatable bonds is 2. The maximum atomic E-state index is 2.39. The fraction of sp³-hybridized carbons (Fsp3) is 0.444. The molecule has 55 heavy (non-hydrogen) atoms. The summed E-state index contributed by atoms with van der Waals surface area (Å²) in [6.07, 6.45) is 0. The summed E-state index contributed by atoms with van der Waals surface area (Å²) in [5.74, 6) is 0. The number of hydrogen-bond donors (Lipinski definition) is 0. The molecule has 0 bridgehead atoms. The van der Waals surface area contributed by atoms with Crippen molar-refractivity contribution >= 4 is 21.5 Å². The molecule has 0 saturated heterocycles. The minimum atomic E-state index is 0. The summed E-state index contributed by atoms with van der Waals surface area (Å²) in [6, 6.07) is 37.5. The fourth-order valence-corrected chi connectivity index (χ4v) is 7.00. The monoisotopic (exact) mass is 808 g/mol. The van der Waals surface area contributed by atoms with Gasteiger partial charge in [-0.3, -0.25) is 0 Å². The predicted octanol–water partition coefficient (Wildman–Crippen LogP) is 16.2. The second-order valence-electron chi connectivity index (χ2n) is 22.3. The molecule has 0 N–H and O–H groups in total. The predicted molar refractivity (Wildman–Crippen MR) is 242 cm³/mol. The van der Waals surface area contributed by atoms with E-state index in [4.69, 9.17) is 0 Å². The average molecular weight is 810 g/mol. The molecule has 0 radical (unpaired) electrons. The van der Waals surface area contributed by atoms with Crippen molar-refractivity contribution in [3.05, 3.63) is 130 Å². The largest absolute Gasteiger partial charge is 2.00 e. The Hall–Kier alpha value is -3.02. The smallest absolute Gasteiger partial charge is 0.145 e. The third-order valence-electron chi connectivity index (χ3n) is 11.1. The first kappa shape index (κ1) is 44.7. The van der Waals surface area contributed by atoms with Crippen LogP contribution >= 0.6 is 0 Å². The zero-order chi connectivity index (χ0) is 40.4. The maximum absolute atomic E-state index is 2.39. The van der Waals surface area contributed by atoms with Crippen LogP contribution in [0.5, 0.6) is 0 Å². The molecule has 1 heteroatoms. The van der Waals surface area contributed by atoms with Crippen molar-refractivity contribution in [3.63, 3.8) is 0 Å². The van der Waals surface area contributed by atoms with E-state index in [-0.39, 0.29) is 58.7 Å². The molecule has 6 rings (SSSR count). The van der Waals surface area contributed by atoms with Gasteiger partial charge in [-0.2, -0.15) is 0 Å². The Balaban J connectivity index is 0.000000240. The van der Waals surface area contributed by atoms with Crippen molar-refractivity contribution in [2.75, 3.05) is 0 Å². The molecule has 0 nitrogen and oxygen atoms in total. The van der Waals surface area contributed by atoms with E-state index >= 15 is 0 Å². The van der Waals surface area contributed by atoms with Gasteiger partial charge in [0.1, 0.15) is 0 Å². The van der Waals surface area contributed by atoms with E-state index in [0.717, 1.165) is 0 Å². The van der Waals surface area contributed by atoms with E-state index in [1.165, 1.54) is 77.2 Å². The van der Waals surface area contributed by atoms with Crippen molar-refractivity contribution < 1.29 is 26.2 Å². The Morgan fingerprint density at radius 3 is 0.782 bits per heavy atom. The van der Waals surface area contributed by atoms with E-state index in [1.807, 2.05) is 0 Å². The van der Waals surface area contributed by atoms with Gasteiger partial charge in [-0.15, -0.1) is 69.1 Å². The minimum Gasteiger partial charge on any atom is -0.145 e. The molecule has 0 saturated carbocycles.